The molecule has 3 heteroatoms. The fourth-order valence-electron chi connectivity index (χ4n) is 3.43. The number of rotatable bonds is 3. The first-order valence-corrected chi connectivity index (χ1v) is 8.05. The summed E-state index contributed by atoms with van der Waals surface area (Å²) >= 11 is 0. The summed E-state index contributed by atoms with van der Waals surface area (Å²) in [4.78, 5) is 3.91. The molecule has 0 atom stereocenters. The first-order valence-electron chi connectivity index (χ1n) is 8.05. The number of nitrogens with one attached hydrogen (secondary N) is 1. The third kappa shape index (κ3) is 3.42. The Morgan fingerprint density at radius 2 is 1.64 bits per heavy atom. The Hall–Kier alpha value is -2.00. The smallest absolute Gasteiger partial charge is 0.138 e. The molecule has 1 aliphatic heterocycles. The lowest BCUT2D eigenvalue weighted by Crippen LogP contribution is -3.13. The Labute approximate surface area is 132 Å². The molecule has 2 aromatic carbocycles. The summed E-state index contributed by atoms with van der Waals surface area (Å²) in [6.45, 7) is 9.65. The van der Waals surface area contributed by atoms with Gasteiger partial charge in [0.15, 0.2) is 0 Å². The normalized spacial score (nSPS) is 16.0. The van der Waals surface area contributed by atoms with Crippen LogP contribution in [0.15, 0.2) is 42.5 Å². The summed E-state index contributed by atoms with van der Waals surface area (Å²) in [5, 5.41) is 9.98. The van der Waals surface area contributed by atoms with E-state index in [-0.39, 0.29) is 0 Å². The van der Waals surface area contributed by atoms with Gasteiger partial charge in [-0.15, -0.1) is 0 Å². The summed E-state index contributed by atoms with van der Waals surface area (Å²) in [6, 6.07) is 14.5. The zero-order valence-electron chi connectivity index (χ0n) is 13.5. The molecule has 0 amide bonds. The number of benzene rings is 2. The van der Waals surface area contributed by atoms with Crippen LogP contribution in [-0.4, -0.2) is 31.3 Å². The SMILES string of the molecule is Cc1cc(C)cc(C[NH+]2CCN(c3ccccc3O)CC2)c1. The zero-order valence-corrected chi connectivity index (χ0v) is 13.5. The highest BCUT2D eigenvalue weighted by molar-refractivity contribution is 5.57. The molecule has 3 rings (SSSR count). The molecule has 0 aliphatic carbocycles. The maximum atomic E-state index is 9.98. The maximum Gasteiger partial charge on any atom is 0.138 e. The number of phenolic OH excluding ortho intramolecular Hbond substituents is 1. The van der Waals surface area contributed by atoms with Gasteiger partial charge in [0.2, 0.25) is 0 Å². The Morgan fingerprint density at radius 1 is 1.00 bits per heavy atom. The number of aromatic hydroxyl groups is 1. The molecule has 0 saturated carbocycles. The van der Waals surface area contributed by atoms with Crippen molar-refractivity contribution in [3.8, 4) is 5.75 Å². The lowest BCUT2D eigenvalue weighted by atomic mass is 10.1. The van der Waals surface area contributed by atoms with Crippen molar-refractivity contribution in [3.63, 3.8) is 0 Å². The maximum absolute atomic E-state index is 9.98. The average molecular weight is 297 g/mol. The number of hydrogen-bond acceptors (Lipinski definition) is 2. The van der Waals surface area contributed by atoms with Gasteiger partial charge in [0.1, 0.15) is 12.3 Å². The van der Waals surface area contributed by atoms with Crippen LogP contribution in [0.25, 0.3) is 0 Å². The van der Waals surface area contributed by atoms with Crippen LogP contribution in [0.3, 0.4) is 0 Å². The highest BCUT2D eigenvalue weighted by Crippen LogP contribution is 2.26. The van der Waals surface area contributed by atoms with Gasteiger partial charge >= 0.3 is 0 Å². The minimum atomic E-state index is 0.389. The fraction of sp³-hybridized carbons (Fsp3) is 0.368. The van der Waals surface area contributed by atoms with Crippen molar-refractivity contribution >= 4 is 5.69 Å². The van der Waals surface area contributed by atoms with Gasteiger partial charge in [0.05, 0.1) is 31.9 Å². The molecule has 22 heavy (non-hydrogen) atoms. The molecular formula is C19H25N2O+. The molecule has 1 heterocycles. The summed E-state index contributed by atoms with van der Waals surface area (Å²) in [5.41, 5.74) is 5.10. The van der Waals surface area contributed by atoms with Gasteiger partial charge in [-0.2, -0.15) is 0 Å². The number of piperazine rings is 1. The van der Waals surface area contributed by atoms with Gasteiger partial charge in [-0.25, -0.2) is 0 Å². The summed E-state index contributed by atoms with van der Waals surface area (Å²) in [5.74, 6) is 0.389. The van der Waals surface area contributed by atoms with Crippen LogP contribution in [0.1, 0.15) is 16.7 Å². The molecule has 0 aromatic heterocycles. The van der Waals surface area contributed by atoms with Crippen molar-refractivity contribution < 1.29 is 10.0 Å². The molecule has 1 saturated heterocycles. The van der Waals surface area contributed by atoms with E-state index in [9.17, 15) is 5.11 Å². The van der Waals surface area contributed by atoms with E-state index in [0.29, 0.717) is 5.75 Å². The Bertz CT molecular complexity index is 625. The lowest BCUT2D eigenvalue weighted by molar-refractivity contribution is -0.914. The minimum absolute atomic E-state index is 0.389. The van der Waals surface area contributed by atoms with Crippen molar-refractivity contribution in [2.24, 2.45) is 0 Å². The average Bonchev–Trinajstić information content (AvgIpc) is 2.48. The number of nitrogens with zero attached hydrogens (tertiary/aromatic N) is 1. The van der Waals surface area contributed by atoms with E-state index in [1.807, 2.05) is 18.2 Å². The summed E-state index contributed by atoms with van der Waals surface area (Å²) in [6.07, 6.45) is 0. The molecule has 0 unspecified atom stereocenters. The van der Waals surface area contributed by atoms with E-state index in [2.05, 4.69) is 36.9 Å². The third-order valence-corrected chi connectivity index (χ3v) is 4.43. The fourth-order valence-corrected chi connectivity index (χ4v) is 3.43. The summed E-state index contributed by atoms with van der Waals surface area (Å²) in [7, 11) is 0. The Kier molecular flexibility index (Phi) is 4.34. The monoisotopic (exact) mass is 297 g/mol. The van der Waals surface area contributed by atoms with E-state index >= 15 is 0 Å². The minimum Gasteiger partial charge on any atom is -0.506 e. The highest BCUT2D eigenvalue weighted by Gasteiger charge is 2.21. The van der Waals surface area contributed by atoms with E-state index in [0.717, 1.165) is 38.4 Å². The van der Waals surface area contributed by atoms with Crippen LogP contribution in [0.2, 0.25) is 0 Å². The highest BCUT2D eigenvalue weighted by atomic mass is 16.3. The second-order valence-electron chi connectivity index (χ2n) is 6.40. The molecule has 2 aromatic rings. The molecule has 0 spiro atoms. The number of quaternary nitrogens is 1. The van der Waals surface area contributed by atoms with Gasteiger partial charge in [-0.1, -0.05) is 41.5 Å². The van der Waals surface area contributed by atoms with Crippen LogP contribution in [0.5, 0.6) is 5.75 Å². The van der Waals surface area contributed by atoms with E-state index < -0.39 is 0 Å². The van der Waals surface area contributed by atoms with Crippen LogP contribution >= 0.6 is 0 Å². The van der Waals surface area contributed by atoms with Crippen LogP contribution in [0.4, 0.5) is 5.69 Å². The van der Waals surface area contributed by atoms with Gasteiger partial charge < -0.3 is 14.9 Å². The van der Waals surface area contributed by atoms with Crippen LogP contribution in [0, 0.1) is 13.8 Å². The number of anilines is 1. The number of aryl methyl sites for hydroxylation is 2. The van der Waals surface area contributed by atoms with Crippen molar-refractivity contribution in [3.05, 3.63) is 59.2 Å². The van der Waals surface area contributed by atoms with Gasteiger partial charge in [0.25, 0.3) is 0 Å². The number of para-hydroxylation sites is 2. The first-order chi connectivity index (χ1) is 10.6. The lowest BCUT2D eigenvalue weighted by Gasteiger charge is -2.34. The van der Waals surface area contributed by atoms with Gasteiger partial charge in [-0.05, 0) is 26.0 Å². The van der Waals surface area contributed by atoms with E-state index in [1.165, 1.54) is 16.7 Å². The van der Waals surface area contributed by atoms with Crippen molar-refractivity contribution in [2.45, 2.75) is 20.4 Å². The second kappa shape index (κ2) is 6.41. The number of hydrogen-bond donors (Lipinski definition) is 2. The first kappa shape index (κ1) is 14.9. The van der Waals surface area contributed by atoms with Crippen LogP contribution in [-0.2, 0) is 6.54 Å². The molecular weight excluding hydrogens is 272 g/mol. The van der Waals surface area contributed by atoms with Gasteiger partial charge in [0, 0.05) is 5.56 Å². The van der Waals surface area contributed by atoms with E-state index in [1.54, 1.807) is 11.0 Å². The molecule has 116 valence electrons. The van der Waals surface area contributed by atoms with Crippen molar-refractivity contribution in [2.75, 3.05) is 31.1 Å². The van der Waals surface area contributed by atoms with Crippen LogP contribution < -0.4 is 9.80 Å². The van der Waals surface area contributed by atoms with Crippen molar-refractivity contribution in [1.29, 1.82) is 0 Å². The third-order valence-electron chi connectivity index (χ3n) is 4.43. The number of phenols is 1. The Morgan fingerprint density at radius 3 is 2.27 bits per heavy atom. The standard InChI is InChI=1S/C19H24N2O/c1-15-11-16(2)13-17(12-15)14-20-7-9-21(10-8-20)18-5-3-4-6-19(18)22/h3-6,11-13,22H,7-10,14H2,1-2H3/p+1. The summed E-state index contributed by atoms with van der Waals surface area (Å²) < 4.78 is 0. The molecule has 1 aliphatic rings. The van der Waals surface area contributed by atoms with Gasteiger partial charge in [-0.3, -0.25) is 0 Å². The Balaban J connectivity index is 1.61. The van der Waals surface area contributed by atoms with E-state index in [4.69, 9.17) is 0 Å². The predicted octanol–water partition coefficient (Wildman–Crippen LogP) is 1.91. The molecule has 0 radical (unpaired) electrons. The predicted molar refractivity (Wildman–Crippen MR) is 90.6 cm³/mol. The largest absolute Gasteiger partial charge is 0.506 e. The molecule has 2 N–H and O–H groups in total. The quantitative estimate of drug-likeness (QED) is 0.906. The van der Waals surface area contributed by atoms with Crippen molar-refractivity contribution in [1.82, 2.24) is 0 Å². The second-order valence-corrected chi connectivity index (χ2v) is 6.40. The zero-order chi connectivity index (χ0) is 15.5. The molecule has 3 nitrogen and oxygen atoms in total. The molecule has 0 bridgehead atoms. The topological polar surface area (TPSA) is 27.9 Å². The molecule has 1 fully saturated rings.